The molecule has 108 valence electrons. The predicted molar refractivity (Wildman–Crippen MR) is 74.5 cm³/mol. The van der Waals surface area contributed by atoms with Crippen LogP contribution in [0, 0.1) is 0 Å². The molecular weight excluding hydrogens is 260 g/mol. The zero-order valence-corrected chi connectivity index (χ0v) is 11.9. The SMILES string of the molecule is C=C(c1cnccn1)N(C)/N=C(\C)OCC(=O)OCC. The smallest absolute Gasteiger partial charge is 0.344 e. The molecule has 1 aromatic rings. The molecule has 1 heterocycles. The Morgan fingerprint density at radius 2 is 2.20 bits per heavy atom. The highest BCUT2D eigenvalue weighted by atomic mass is 16.6. The van der Waals surface area contributed by atoms with Crippen LogP contribution in [0.4, 0.5) is 0 Å². The minimum atomic E-state index is -0.433. The van der Waals surface area contributed by atoms with Gasteiger partial charge in [-0.15, -0.1) is 5.10 Å². The van der Waals surface area contributed by atoms with Crippen LogP contribution in [-0.2, 0) is 14.3 Å². The molecule has 0 fully saturated rings. The first-order valence-electron chi connectivity index (χ1n) is 6.07. The van der Waals surface area contributed by atoms with E-state index in [0.717, 1.165) is 0 Å². The average Bonchev–Trinajstić information content (AvgIpc) is 2.45. The summed E-state index contributed by atoms with van der Waals surface area (Å²) in [7, 11) is 1.70. The molecule has 0 amide bonds. The number of hydrazone groups is 1. The summed E-state index contributed by atoms with van der Waals surface area (Å²) < 4.78 is 9.92. The largest absolute Gasteiger partial charge is 0.468 e. The first-order chi connectivity index (χ1) is 9.54. The third-order valence-corrected chi connectivity index (χ3v) is 2.24. The van der Waals surface area contributed by atoms with Crippen molar-refractivity contribution in [1.82, 2.24) is 15.0 Å². The molecule has 0 aromatic carbocycles. The Kier molecular flexibility index (Phi) is 6.15. The highest BCUT2D eigenvalue weighted by molar-refractivity contribution is 5.78. The maximum Gasteiger partial charge on any atom is 0.344 e. The number of nitrogens with zero attached hydrogens (tertiary/aromatic N) is 4. The van der Waals surface area contributed by atoms with Gasteiger partial charge in [0.2, 0.25) is 5.90 Å². The van der Waals surface area contributed by atoms with E-state index in [-0.39, 0.29) is 6.61 Å². The van der Waals surface area contributed by atoms with Crippen LogP contribution in [0.1, 0.15) is 19.5 Å². The van der Waals surface area contributed by atoms with Crippen molar-refractivity contribution in [2.24, 2.45) is 5.10 Å². The monoisotopic (exact) mass is 278 g/mol. The van der Waals surface area contributed by atoms with Gasteiger partial charge in [-0.2, -0.15) is 0 Å². The number of rotatable bonds is 6. The van der Waals surface area contributed by atoms with Gasteiger partial charge >= 0.3 is 5.97 Å². The van der Waals surface area contributed by atoms with E-state index in [1.54, 1.807) is 39.5 Å². The fraction of sp³-hybridized carbons (Fsp3) is 0.385. The first-order valence-corrected chi connectivity index (χ1v) is 6.07. The Morgan fingerprint density at radius 3 is 2.80 bits per heavy atom. The van der Waals surface area contributed by atoms with Gasteiger partial charge in [-0.3, -0.25) is 15.0 Å². The molecule has 0 radical (unpaired) electrons. The summed E-state index contributed by atoms with van der Waals surface area (Å²) >= 11 is 0. The Balaban J connectivity index is 2.55. The third-order valence-electron chi connectivity index (χ3n) is 2.24. The second-order valence-electron chi connectivity index (χ2n) is 3.77. The van der Waals surface area contributed by atoms with Crippen molar-refractivity contribution in [2.45, 2.75) is 13.8 Å². The quantitative estimate of drug-likeness (QED) is 0.338. The molecule has 0 saturated heterocycles. The van der Waals surface area contributed by atoms with Crippen LogP contribution in [0.5, 0.6) is 0 Å². The van der Waals surface area contributed by atoms with Crippen LogP contribution < -0.4 is 0 Å². The van der Waals surface area contributed by atoms with Crippen LogP contribution in [0.25, 0.3) is 5.70 Å². The lowest BCUT2D eigenvalue weighted by molar-refractivity contribution is -0.145. The second-order valence-corrected chi connectivity index (χ2v) is 3.77. The van der Waals surface area contributed by atoms with Gasteiger partial charge in [-0.1, -0.05) is 6.58 Å². The van der Waals surface area contributed by atoms with Gasteiger partial charge in [-0.25, -0.2) is 4.79 Å². The number of carbonyl (C=O) groups is 1. The average molecular weight is 278 g/mol. The molecule has 0 saturated carbocycles. The van der Waals surface area contributed by atoms with Gasteiger partial charge in [0.05, 0.1) is 18.5 Å². The van der Waals surface area contributed by atoms with Gasteiger partial charge < -0.3 is 9.47 Å². The topological polar surface area (TPSA) is 76.9 Å². The molecule has 0 aliphatic rings. The maximum absolute atomic E-state index is 11.1. The maximum atomic E-state index is 11.1. The second kappa shape index (κ2) is 7.88. The zero-order valence-electron chi connectivity index (χ0n) is 11.9. The number of aromatic nitrogens is 2. The highest BCUT2D eigenvalue weighted by Crippen LogP contribution is 2.11. The molecule has 0 atom stereocenters. The molecule has 0 aliphatic carbocycles. The normalized spacial score (nSPS) is 10.8. The Hall–Kier alpha value is -2.44. The molecule has 0 N–H and O–H groups in total. The molecule has 1 aromatic heterocycles. The van der Waals surface area contributed by atoms with Crippen molar-refractivity contribution in [3.63, 3.8) is 0 Å². The lowest BCUT2D eigenvalue weighted by atomic mass is 10.3. The lowest BCUT2D eigenvalue weighted by Crippen LogP contribution is -2.18. The van der Waals surface area contributed by atoms with Gasteiger partial charge in [0.1, 0.15) is 5.69 Å². The summed E-state index contributed by atoms with van der Waals surface area (Å²) in [5.74, 6) is -0.108. The van der Waals surface area contributed by atoms with E-state index in [4.69, 9.17) is 9.47 Å². The zero-order chi connectivity index (χ0) is 15.0. The molecular formula is C13H18N4O3. The summed E-state index contributed by atoms with van der Waals surface area (Å²) in [6, 6.07) is 0. The van der Waals surface area contributed by atoms with Gasteiger partial charge in [-0.05, 0) is 6.92 Å². The highest BCUT2D eigenvalue weighted by Gasteiger charge is 2.07. The van der Waals surface area contributed by atoms with Crippen LogP contribution in [0.15, 0.2) is 30.3 Å². The van der Waals surface area contributed by atoms with E-state index in [1.807, 2.05) is 0 Å². The number of hydrogen-bond acceptors (Lipinski definition) is 7. The molecule has 20 heavy (non-hydrogen) atoms. The number of hydrogen-bond donors (Lipinski definition) is 0. The molecule has 1 rings (SSSR count). The Morgan fingerprint density at radius 1 is 1.45 bits per heavy atom. The van der Waals surface area contributed by atoms with E-state index >= 15 is 0 Å². The summed E-state index contributed by atoms with van der Waals surface area (Å²) in [6.45, 7) is 7.39. The molecule has 0 spiro atoms. The predicted octanol–water partition coefficient (Wildman–Crippen LogP) is 1.29. The first kappa shape index (κ1) is 15.6. The van der Waals surface area contributed by atoms with Crippen LogP contribution in [0.3, 0.4) is 0 Å². The van der Waals surface area contributed by atoms with Crippen molar-refractivity contribution >= 4 is 17.6 Å². The van der Waals surface area contributed by atoms with Crippen molar-refractivity contribution in [3.05, 3.63) is 30.9 Å². The van der Waals surface area contributed by atoms with E-state index in [2.05, 4.69) is 21.6 Å². The molecule has 0 unspecified atom stereocenters. The van der Waals surface area contributed by atoms with E-state index < -0.39 is 5.97 Å². The third kappa shape index (κ3) is 5.05. The molecule has 7 nitrogen and oxygen atoms in total. The van der Waals surface area contributed by atoms with Gasteiger partial charge in [0, 0.05) is 26.4 Å². The molecule has 7 heteroatoms. The van der Waals surface area contributed by atoms with Crippen LogP contribution in [-0.4, -0.2) is 47.1 Å². The minimum absolute atomic E-state index is 0.172. The lowest BCUT2D eigenvalue weighted by Gasteiger charge is -2.16. The number of ether oxygens (including phenoxy) is 2. The summed E-state index contributed by atoms with van der Waals surface area (Å²) in [5, 5.41) is 5.64. The van der Waals surface area contributed by atoms with E-state index in [1.165, 1.54) is 5.01 Å². The van der Waals surface area contributed by atoms with Crippen molar-refractivity contribution in [3.8, 4) is 0 Å². The van der Waals surface area contributed by atoms with E-state index in [9.17, 15) is 4.79 Å². The fourth-order valence-corrected chi connectivity index (χ4v) is 1.28. The molecule has 0 bridgehead atoms. The number of carbonyl (C=O) groups excluding carboxylic acids is 1. The summed E-state index contributed by atoms with van der Waals surface area (Å²) in [6.07, 6.45) is 4.74. The fourth-order valence-electron chi connectivity index (χ4n) is 1.28. The summed E-state index contributed by atoms with van der Waals surface area (Å²) in [4.78, 5) is 19.2. The summed E-state index contributed by atoms with van der Waals surface area (Å²) in [5.41, 5.74) is 1.18. The van der Waals surface area contributed by atoms with Gasteiger partial charge in [0.15, 0.2) is 6.61 Å². The van der Waals surface area contributed by atoms with Crippen LogP contribution in [0.2, 0.25) is 0 Å². The van der Waals surface area contributed by atoms with E-state index in [0.29, 0.717) is 23.9 Å². The Bertz CT molecular complexity index is 488. The Labute approximate surface area is 117 Å². The minimum Gasteiger partial charge on any atom is -0.468 e. The standard InChI is InChI=1S/C13H18N4O3/c1-5-19-13(18)9-20-11(3)16-17(4)10(2)12-8-14-6-7-15-12/h6-8H,2,5,9H2,1,3-4H3/b16-11+. The van der Waals surface area contributed by atoms with Gasteiger partial charge in [0.25, 0.3) is 0 Å². The molecule has 0 aliphatic heterocycles. The van der Waals surface area contributed by atoms with Crippen LogP contribution >= 0.6 is 0 Å². The van der Waals surface area contributed by atoms with Crippen molar-refractivity contribution < 1.29 is 14.3 Å². The van der Waals surface area contributed by atoms with Crippen molar-refractivity contribution in [2.75, 3.05) is 20.3 Å². The van der Waals surface area contributed by atoms with Crippen molar-refractivity contribution in [1.29, 1.82) is 0 Å². The number of esters is 1.